The van der Waals surface area contributed by atoms with E-state index in [9.17, 15) is 13.9 Å². The van der Waals surface area contributed by atoms with Gasteiger partial charge in [-0.3, -0.25) is 13.9 Å². The van der Waals surface area contributed by atoms with Gasteiger partial charge in [0.2, 0.25) is 0 Å². The third-order valence-corrected chi connectivity index (χ3v) is 9.58. The van der Waals surface area contributed by atoms with Crippen LogP contribution in [0.15, 0.2) is 10.6 Å². The molecule has 1 aliphatic heterocycles. The molecule has 3 aliphatic rings. The van der Waals surface area contributed by atoms with Gasteiger partial charge < -0.3 is 14.7 Å². The monoisotopic (exact) mass is 442 g/mol. The third-order valence-electron chi connectivity index (χ3n) is 7.13. The van der Waals surface area contributed by atoms with Gasteiger partial charge in [-0.2, -0.15) is 0 Å². The summed E-state index contributed by atoms with van der Waals surface area (Å²) < 4.78 is 29.3. The lowest BCUT2D eigenvalue weighted by molar-refractivity contribution is 0.0888. The fourth-order valence-electron chi connectivity index (χ4n) is 4.85. The molecule has 1 aromatic rings. The lowest BCUT2D eigenvalue weighted by atomic mass is 9.94. The summed E-state index contributed by atoms with van der Waals surface area (Å²) in [5, 5.41) is 6.95. The van der Waals surface area contributed by atoms with Crippen LogP contribution >= 0.6 is 10.8 Å². The molecule has 1 saturated heterocycles. The van der Waals surface area contributed by atoms with Crippen LogP contribution in [0.25, 0.3) is 0 Å². The van der Waals surface area contributed by atoms with Gasteiger partial charge in [0.25, 0.3) is 5.91 Å². The standard InChI is InChI=1S/C21H36N4O4S.H2/c1-14-13-25(30(27,28)17-8-6-16(7-9-17)24(2)3)11-10-18(14)22-21(26)19-12-20(29-23-19)15-4-5-15;/h12,14-18,27-28H,4-11,13H2,1-3H3,(H,22,26);1H/t14-,16?,17?,18+;/m0./s1. The predicted molar refractivity (Wildman–Crippen MR) is 120 cm³/mol. The molecule has 9 heteroatoms. The van der Waals surface area contributed by atoms with E-state index in [2.05, 4.69) is 36.4 Å². The molecular formula is C21H38N4O4S. The summed E-state index contributed by atoms with van der Waals surface area (Å²) in [6.45, 7) is 3.22. The fraction of sp³-hybridized carbons (Fsp3) is 0.810. The minimum absolute atomic E-state index is 0. The van der Waals surface area contributed by atoms with E-state index < -0.39 is 10.8 Å². The molecule has 3 fully saturated rings. The van der Waals surface area contributed by atoms with E-state index in [4.69, 9.17) is 4.52 Å². The van der Waals surface area contributed by atoms with Gasteiger partial charge in [0.1, 0.15) is 5.76 Å². The topological polar surface area (TPSA) is 102 Å². The molecule has 2 heterocycles. The van der Waals surface area contributed by atoms with Crippen LogP contribution < -0.4 is 5.32 Å². The molecule has 1 aromatic heterocycles. The van der Waals surface area contributed by atoms with Crippen molar-refractivity contribution in [3.63, 3.8) is 0 Å². The number of rotatable bonds is 6. The summed E-state index contributed by atoms with van der Waals surface area (Å²) in [4.78, 5) is 14.8. The Kier molecular flexibility index (Phi) is 6.46. The Hall–Kier alpha value is -1.13. The number of hydrogen-bond donors (Lipinski definition) is 3. The minimum Gasteiger partial charge on any atom is -0.360 e. The molecule has 0 bridgehead atoms. The van der Waals surface area contributed by atoms with Crippen molar-refractivity contribution >= 4 is 16.7 Å². The van der Waals surface area contributed by atoms with E-state index in [0.717, 1.165) is 44.3 Å². The van der Waals surface area contributed by atoms with E-state index in [1.54, 1.807) is 6.07 Å². The number of carbonyl (C=O) groups excluding carboxylic acids is 1. The van der Waals surface area contributed by atoms with Crippen LogP contribution in [-0.4, -0.2) is 73.9 Å². The number of aromatic nitrogens is 1. The molecule has 0 aromatic carbocycles. The highest BCUT2D eigenvalue weighted by Gasteiger charge is 2.40. The highest BCUT2D eigenvalue weighted by atomic mass is 32.3. The van der Waals surface area contributed by atoms with Crippen molar-refractivity contribution in [1.82, 2.24) is 19.7 Å². The van der Waals surface area contributed by atoms with Gasteiger partial charge >= 0.3 is 0 Å². The Bertz CT molecular complexity index is 749. The Morgan fingerprint density at radius 3 is 2.53 bits per heavy atom. The molecule has 0 spiro atoms. The van der Waals surface area contributed by atoms with E-state index in [1.807, 2.05) is 4.31 Å². The van der Waals surface area contributed by atoms with Gasteiger partial charge in [-0.05, 0) is 65.0 Å². The van der Waals surface area contributed by atoms with Crippen LogP contribution in [0.1, 0.15) is 75.5 Å². The number of nitrogens with one attached hydrogen (secondary N) is 1. The van der Waals surface area contributed by atoms with E-state index >= 15 is 0 Å². The number of hydrogen-bond acceptors (Lipinski definition) is 7. The Morgan fingerprint density at radius 1 is 1.23 bits per heavy atom. The van der Waals surface area contributed by atoms with Gasteiger partial charge in [0.05, 0.1) is 5.25 Å². The summed E-state index contributed by atoms with van der Waals surface area (Å²) in [7, 11) is 1.39. The van der Waals surface area contributed by atoms with Gasteiger partial charge in [-0.15, -0.1) is 10.8 Å². The van der Waals surface area contributed by atoms with Crippen molar-refractivity contribution in [2.24, 2.45) is 5.92 Å². The highest BCUT2D eigenvalue weighted by Crippen LogP contribution is 2.54. The van der Waals surface area contributed by atoms with Crippen LogP contribution in [0.4, 0.5) is 0 Å². The zero-order valence-electron chi connectivity index (χ0n) is 18.3. The van der Waals surface area contributed by atoms with E-state index in [1.165, 1.54) is 0 Å². The molecule has 0 radical (unpaired) electrons. The average Bonchev–Trinajstić information content (AvgIpc) is 3.45. The average molecular weight is 443 g/mol. The molecule has 0 unspecified atom stereocenters. The summed E-state index contributed by atoms with van der Waals surface area (Å²) in [6, 6.07) is 2.29. The summed E-state index contributed by atoms with van der Waals surface area (Å²) >= 11 is 0. The molecule has 1 amide bonds. The first-order valence-electron chi connectivity index (χ1n) is 11.2. The van der Waals surface area contributed by atoms with Gasteiger partial charge in [0, 0.05) is 38.6 Å². The van der Waals surface area contributed by atoms with Crippen molar-refractivity contribution in [3.05, 3.63) is 17.5 Å². The van der Waals surface area contributed by atoms with Crippen LogP contribution in [0.3, 0.4) is 0 Å². The summed E-state index contributed by atoms with van der Waals surface area (Å²) in [5.41, 5.74) is 0.341. The van der Waals surface area contributed by atoms with E-state index in [0.29, 0.717) is 37.2 Å². The van der Waals surface area contributed by atoms with Gasteiger partial charge in [-0.1, -0.05) is 12.1 Å². The summed E-state index contributed by atoms with van der Waals surface area (Å²) in [5.74, 6) is 1.16. The number of piperidine rings is 1. The first-order valence-corrected chi connectivity index (χ1v) is 12.8. The second-order valence-electron chi connectivity index (χ2n) is 9.58. The maximum Gasteiger partial charge on any atom is 0.273 e. The Morgan fingerprint density at radius 2 is 1.93 bits per heavy atom. The SMILES string of the molecule is C[C@H]1CN(S(O)(O)C2CCC(N(C)C)CC2)CC[C@H]1NC(=O)c1cc(C2CC2)on1.[HH]. The quantitative estimate of drug-likeness (QED) is 0.616. The second-order valence-corrected chi connectivity index (χ2v) is 11.9. The zero-order valence-corrected chi connectivity index (χ0v) is 19.1. The number of carbonyl (C=O) groups is 1. The predicted octanol–water partition coefficient (Wildman–Crippen LogP) is 3.78. The second kappa shape index (κ2) is 8.78. The Balaban J connectivity index is 0.00000272. The largest absolute Gasteiger partial charge is 0.360 e. The van der Waals surface area contributed by atoms with Crippen LogP contribution in [-0.2, 0) is 0 Å². The van der Waals surface area contributed by atoms with Crippen LogP contribution in [0.2, 0.25) is 0 Å². The highest BCUT2D eigenvalue weighted by molar-refractivity contribution is 8.22. The Labute approximate surface area is 182 Å². The lowest BCUT2D eigenvalue weighted by Gasteiger charge is -2.53. The van der Waals surface area contributed by atoms with Crippen molar-refractivity contribution in [3.8, 4) is 0 Å². The molecule has 30 heavy (non-hydrogen) atoms. The van der Waals surface area contributed by atoms with Gasteiger partial charge in [0.15, 0.2) is 5.69 Å². The van der Waals surface area contributed by atoms with Crippen LogP contribution in [0, 0.1) is 5.92 Å². The smallest absolute Gasteiger partial charge is 0.273 e. The summed E-state index contributed by atoms with van der Waals surface area (Å²) in [6.07, 6.45) is 6.64. The number of nitrogens with zero attached hydrogens (tertiary/aromatic N) is 3. The number of amides is 1. The maximum absolute atomic E-state index is 12.6. The first-order chi connectivity index (χ1) is 14.3. The van der Waals surface area contributed by atoms with Crippen molar-refractivity contribution in [2.75, 3.05) is 27.2 Å². The van der Waals surface area contributed by atoms with Crippen molar-refractivity contribution in [1.29, 1.82) is 0 Å². The lowest BCUT2D eigenvalue weighted by Crippen LogP contribution is -2.52. The molecule has 8 nitrogen and oxygen atoms in total. The molecule has 172 valence electrons. The minimum atomic E-state index is -2.80. The normalized spacial score (nSPS) is 31.7. The molecule has 2 aliphatic carbocycles. The first kappa shape index (κ1) is 22.1. The van der Waals surface area contributed by atoms with Crippen molar-refractivity contribution < 1.29 is 19.8 Å². The third kappa shape index (κ3) is 4.70. The molecular weight excluding hydrogens is 404 g/mol. The molecule has 2 saturated carbocycles. The maximum atomic E-state index is 12.6. The molecule has 2 atom stereocenters. The zero-order chi connectivity index (χ0) is 21.5. The van der Waals surface area contributed by atoms with Crippen LogP contribution in [0.5, 0.6) is 0 Å². The van der Waals surface area contributed by atoms with Crippen molar-refractivity contribution in [2.45, 2.75) is 75.1 Å². The fourth-order valence-corrected chi connectivity index (χ4v) is 7.01. The van der Waals surface area contributed by atoms with E-state index in [-0.39, 0.29) is 24.5 Å². The molecule has 4 rings (SSSR count). The van der Waals surface area contributed by atoms with Gasteiger partial charge in [-0.25, -0.2) is 4.31 Å². The molecule has 3 N–H and O–H groups in total.